The van der Waals surface area contributed by atoms with Gasteiger partial charge in [-0.3, -0.25) is 0 Å². The fourth-order valence-corrected chi connectivity index (χ4v) is 2.06. The van der Waals surface area contributed by atoms with E-state index >= 15 is 0 Å². The van der Waals surface area contributed by atoms with Crippen LogP contribution in [-0.4, -0.2) is 5.11 Å². The van der Waals surface area contributed by atoms with Crippen molar-refractivity contribution in [3.63, 3.8) is 0 Å². The van der Waals surface area contributed by atoms with Gasteiger partial charge in [-0.1, -0.05) is 45.2 Å². The average molecular weight is 220 g/mol. The minimum Gasteiger partial charge on any atom is -0.508 e. The Morgan fingerprint density at radius 3 is 2.38 bits per heavy atom. The zero-order valence-corrected chi connectivity index (χ0v) is 10.6. The van der Waals surface area contributed by atoms with Gasteiger partial charge in [0.05, 0.1) is 0 Å². The van der Waals surface area contributed by atoms with E-state index in [2.05, 4.69) is 19.9 Å². The summed E-state index contributed by atoms with van der Waals surface area (Å²) >= 11 is 0. The Balaban J connectivity index is 2.69. The van der Waals surface area contributed by atoms with Gasteiger partial charge in [0.15, 0.2) is 0 Å². The highest BCUT2D eigenvalue weighted by Crippen LogP contribution is 2.24. The third-order valence-corrected chi connectivity index (χ3v) is 3.08. The standard InChI is InChI=1S/C15H24O/c1-3-5-7-11-14-13(9-6-4-2)10-8-12-15(14)16/h8,10,12,16H,3-7,9,11H2,1-2H3. The number of aromatic hydroxyl groups is 1. The highest BCUT2D eigenvalue weighted by Gasteiger charge is 2.06. The largest absolute Gasteiger partial charge is 0.508 e. The first-order valence-corrected chi connectivity index (χ1v) is 6.59. The number of benzene rings is 1. The molecule has 0 unspecified atom stereocenters. The molecule has 0 bridgehead atoms. The molecule has 0 aromatic heterocycles. The molecule has 1 N–H and O–H groups in total. The Morgan fingerprint density at radius 1 is 0.938 bits per heavy atom. The summed E-state index contributed by atoms with van der Waals surface area (Å²) < 4.78 is 0. The molecule has 0 heterocycles. The van der Waals surface area contributed by atoms with Crippen LogP contribution in [0, 0.1) is 0 Å². The summed E-state index contributed by atoms with van der Waals surface area (Å²) in [4.78, 5) is 0. The second-order valence-electron chi connectivity index (χ2n) is 4.48. The molecule has 1 rings (SSSR count). The lowest BCUT2D eigenvalue weighted by molar-refractivity contribution is 0.465. The molecular formula is C15H24O. The van der Waals surface area contributed by atoms with E-state index in [1.807, 2.05) is 12.1 Å². The SMILES string of the molecule is CCCCCc1c(O)cccc1CCCC. The van der Waals surface area contributed by atoms with Gasteiger partial charge < -0.3 is 5.11 Å². The molecule has 0 saturated carbocycles. The maximum Gasteiger partial charge on any atom is 0.119 e. The molecule has 0 aliphatic heterocycles. The molecule has 1 aromatic rings. The molecule has 0 fully saturated rings. The van der Waals surface area contributed by atoms with Crippen molar-refractivity contribution in [1.82, 2.24) is 0 Å². The van der Waals surface area contributed by atoms with Crippen LogP contribution in [0.5, 0.6) is 5.75 Å². The van der Waals surface area contributed by atoms with E-state index in [0.29, 0.717) is 5.75 Å². The zero-order chi connectivity index (χ0) is 11.8. The van der Waals surface area contributed by atoms with Gasteiger partial charge in [0.25, 0.3) is 0 Å². The van der Waals surface area contributed by atoms with Crippen molar-refractivity contribution < 1.29 is 5.11 Å². The van der Waals surface area contributed by atoms with E-state index in [9.17, 15) is 5.11 Å². The fraction of sp³-hybridized carbons (Fsp3) is 0.600. The number of rotatable bonds is 7. The number of phenolic OH excluding ortho intramolecular Hbond substituents is 1. The normalized spacial score (nSPS) is 10.6. The smallest absolute Gasteiger partial charge is 0.119 e. The molecule has 90 valence electrons. The molecular weight excluding hydrogens is 196 g/mol. The van der Waals surface area contributed by atoms with Crippen LogP contribution < -0.4 is 0 Å². The quantitative estimate of drug-likeness (QED) is 0.672. The van der Waals surface area contributed by atoms with Crippen LogP contribution in [-0.2, 0) is 12.8 Å². The van der Waals surface area contributed by atoms with E-state index in [0.717, 1.165) is 12.8 Å². The molecule has 16 heavy (non-hydrogen) atoms. The van der Waals surface area contributed by atoms with Gasteiger partial charge in [0.2, 0.25) is 0 Å². The molecule has 1 nitrogen and oxygen atoms in total. The first-order valence-electron chi connectivity index (χ1n) is 6.59. The number of hydrogen-bond donors (Lipinski definition) is 1. The molecule has 0 atom stereocenters. The van der Waals surface area contributed by atoms with Crippen molar-refractivity contribution in [3.8, 4) is 5.75 Å². The maximum absolute atomic E-state index is 9.89. The van der Waals surface area contributed by atoms with E-state index in [-0.39, 0.29) is 0 Å². The Morgan fingerprint density at radius 2 is 1.69 bits per heavy atom. The molecule has 1 heteroatoms. The molecule has 0 aliphatic carbocycles. The first-order chi connectivity index (χ1) is 7.79. The third-order valence-electron chi connectivity index (χ3n) is 3.08. The Hall–Kier alpha value is -0.980. The summed E-state index contributed by atoms with van der Waals surface area (Å²) in [6, 6.07) is 5.94. The number of hydrogen-bond acceptors (Lipinski definition) is 1. The van der Waals surface area contributed by atoms with Crippen molar-refractivity contribution in [3.05, 3.63) is 29.3 Å². The van der Waals surface area contributed by atoms with Crippen LogP contribution in [0.4, 0.5) is 0 Å². The molecule has 0 saturated heterocycles. The Bertz CT molecular complexity index is 304. The lowest BCUT2D eigenvalue weighted by atomic mass is 9.97. The molecule has 1 aromatic carbocycles. The summed E-state index contributed by atoms with van der Waals surface area (Å²) in [5.74, 6) is 0.490. The summed E-state index contributed by atoms with van der Waals surface area (Å²) in [7, 11) is 0. The van der Waals surface area contributed by atoms with Gasteiger partial charge in [-0.2, -0.15) is 0 Å². The minimum absolute atomic E-state index is 0.490. The van der Waals surface area contributed by atoms with Crippen molar-refractivity contribution in [2.24, 2.45) is 0 Å². The van der Waals surface area contributed by atoms with Crippen LogP contribution in [0.25, 0.3) is 0 Å². The van der Waals surface area contributed by atoms with E-state index < -0.39 is 0 Å². The topological polar surface area (TPSA) is 20.2 Å². The first kappa shape index (κ1) is 13.1. The van der Waals surface area contributed by atoms with Gasteiger partial charge in [0.1, 0.15) is 5.75 Å². The van der Waals surface area contributed by atoms with Crippen LogP contribution in [0.3, 0.4) is 0 Å². The van der Waals surface area contributed by atoms with Crippen molar-refractivity contribution in [2.75, 3.05) is 0 Å². The average Bonchev–Trinajstić information content (AvgIpc) is 2.29. The monoisotopic (exact) mass is 220 g/mol. The Labute approximate surface area is 99.5 Å². The fourth-order valence-electron chi connectivity index (χ4n) is 2.06. The third kappa shape index (κ3) is 3.88. The Kier molecular flexibility index (Phi) is 5.99. The molecule has 0 radical (unpaired) electrons. The number of unbranched alkanes of at least 4 members (excludes halogenated alkanes) is 3. The molecule has 0 amide bonds. The predicted octanol–water partition coefficient (Wildman–Crippen LogP) is 4.47. The van der Waals surface area contributed by atoms with E-state index in [4.69, 9.17) is 0 Å². The van der Waals surface area contributed by atoms with Crippen molar-refractivity contribution >= 4 is 0 Å². The van der Waals surface area contributed by atoms with Gasteiger partial charge in [-0.05, 0) is 42.9 Å². The highest BCUT2D eigenvalue weighted by molar-refractivity contribution is 5.39. The van der Waals surface area contributed by atoms with Crippen LogP contribution in [0.2, 0.25) is 0 Å². The van der Waals surface area contributed by atoms with E-state index in [1.54, 1.807) is 0 Å². The highest BCUT2D eigenvalue weighted by atomic mass is 16.3. The second kappa shape index (κ2) is 7.32. The van der Waals surface area contributed by atoms with Gasteiger partial charge in [0, 0.05) is 0 Å². The number of aryl methyl sites for hydroxylation is 1. The maximum atomic E-state index is 9.89. The summed E-state index contributed by atoms with van der Waals surface area (Å²) in [6.07, 6.45) is 8.23. The molecule has 0 aliphatic rings. The van der Waals surface area contributed by atoms with Gasteiger partial charge >= 0.3 is 0 Å². The second-order valence-corrected chi connectivity index (χ2v) is 4.48. The van der Waals surface area contributed by atoms with Crippen LogP contribution >= 0.6 is 0 Å². The lowest BCUT2D eigenvalue weighted by Gasteiger charge is -2.11. The lowest BCUT2D eigenvalue weighted by Crippen LogP contribution is -1.95. The van der Waals surface area contributed by atoms with Crippen LogP contribution in [0.1, 0.15) is 57.1 Å². The van der Waals surface area contributed by atoms with Crippen molar-refractivity contribution in [1.29, 1.82) is 0 Å². The minimum atomic E-state index is 0.490. The number of phenols is 1. The van der Waals surface area contributed by atoms with Crippen molar-refractivity contribution in [2.45, 2.75) is 58.8 Å². The van der Waals surface area contributed by atoms with Gasteiger partial charge in [-0.25, -0.2) is 0 Å². The van der Waals surface area contributed by atoms with Gasteiger partial charge in [-0.15, -0.1) is 0 Å². The predicted molar refractivity (Wildman–Crippen MR) is 69.9 cm³/mol. The zero-order valence-electron chi connectivity index (χ0n) is 10.6. The van der Waals surface area contributed by atoms with Crippen LogP contribution in [0.15, 0.2) is 18.2 Å². The van der Waals surface area contributed by atoms with E-state index in [1.165, 1.54) is 43.2 Å². The summed E-state index contributed by atoms with van der Waals surface area (Å²) in [5.41, 5.74) is 2.53. The summed E-state index contributed by atoms with van der Waals surface area (Å²) in [6.45, 7) is 4.42. The summed E-state index contributed by atoms with van der Waals surface area (Å²) in [5, 5.41) is 9.89. The molecule has 0 spiro atoms.